The molecule has 0 fully saturated rings. The van der Waals surface area contributed by atoms with E-state index in [2.05, 4.69) is 19.9 Å². The van der Waals surface area contributed by atoms with Gasteiger partial charge in [0.1, 0.15) is 16.7 Å². The van der Waals surface area contributed by atoms with Crippen LogP contribution >= 0.6 is 11.8 Å². The maximum absolute atomic E-state index is 12.6. The average Bonchev–Trinajstić information content (AvgIpc) is 2.25. The minimum atomic E-state index is -4.62. The average molecular weight is 303 g/mol. The Hall–Kier alpha value is -2.30. The van der Waals surface area contributed by atoms with E-state index in [0.717, 1.165) is 17.8 Å². The van der Waals surface area contributed by atoms with Crippen molar-refractivity contribution >= 4 is 29.3 Å². The number of hydrogen-bond acceptors (Lipinski definition) is 8. The van der Waals surface area contributed by atoms with Crippen LogP contribution in [0.2, 0.25) is 0 Å². The first-order valence-corrected chi connectivity index (χ1v) is 5.85. The summed E-state index contributed by atoms with van der Waals surface area (Å²) >= 11 is 0.747. The Kier molecular flexibility index (Phi) is 3.53. The van der Waals surface area contributed by atoms with Gasteiger partial charge in [0, 0.05) is 12.1 Å². The topological polar surface area (TPSA) is 130 Å². The van der Waals surface area contributed by atoms with Gasteiger partial charge in [0.05, 0.1) is 0 Å². The third kappa shape index (κ3) is 3.38. The fraction of sp³-hybridized carbons (Fsp3) is 0.111. The Bertz CT molecular complexity index is 626. The first-order chi connectivity index (χ1) is 9.24. The molecule has 2 aromatic rings. The Balaban J connectivity index is 2.36. The highest BCUT2D eigenvalue weighted by molar-refractivity contribution is 7.99. The normalized spacial score (nSPS) is 11.6. The predicted octanol–water partition coefficient (Wildman–Crippen LogP) is 1.18. The second kappa shape index (κ2) is 5.00. The lowest BCUT2D eigenvalue weighted by atomic mass is 10.4. The molecule has 0 saturated carbocycles. The zero-order chi connectivity index (χ0) is 14.9. The largest absolute Gasteiger partial charge is 0.433 e. The second-order valence-corrected chi connectivity index (χ2v) is 4.54. The first-order valence-electron chi connectivity index (χ1n) is 5.03. The number of nitrogens with zero attached hydrogens (tertiary/aromatic N) is 4. The molecule has 0 aliphatic heterocycles. The molecule has 0 spiro atoms. The van der Waals surface area contributed by atoms with E-state index in [1.807, 2.05) is 0 Å². The van der Waals surface area contributed by atoms with Crippen LogP contribution in [0.5, 0.6) is 0 Å². The summed E-state index contributed by atoms with van der Waals surface area (Å²) in [5.74, 6) is -0.310. The van der Waals surface area contributed by atoms with Crippen molar-refractivity contribution in [2.45, 2.75) is 16.4 Å². The Morgan fingerprint density at radius 2 is 1.50 bits per heavy atom. The number of anilines is 3. The Labute approximate surface area is 114 Å². The van der Waals surface area contributed by atoms with Gasteiger partial charge < -0.3 is 17.2 Å². The number of halogens is 3. The fourth-order valence-electron chi connectivity index (χ4n) is 1.24. The van der Waals surface area contributed by atoms with Crippen LogP contribution in [0.25, 0.3) is 0 Å². The molecule has 6 N–H and O–H groups in total. The highest BCUT2D eigenvalue weighted by Gasteiger charge is 2.33. The van der Waals surface area contributed by atoms with Crippen molar-refractivity contribution in [3.05, 3.63) is 17.8 Å². The first kappa shape index (κ1) is 14.1. The molecule has 0 aliphatic rings. The van der Waals surface area contributed by atoms with Crippen molar-refractivity contribution in [3.63, 3.8) is 0 Å². The highest BCUT2D eigenvalue weighted by Crippen LogP contribution is 2.32. The van der Waals surface area contributed by atoms with Gasteiger partial charge in [-0.25, -0.2) is 19.9 Å². The smallest absolute Gasteiger partial charge is 0.383 e. The van der Waals surface area contributed by atoms with Crippen LogP contribution < -0.4 is 17.2 Å². The van der Waals surface area contributed by atoms with E-state index in [1.165, 1.54) is 6.07 Å². The van der Waals surface area contributed by atoms with E-state index in [9.17, 15) is 13.2 Å². The summed E-state index contributed by atoms with van der Waals surface area (Å²) in [6, 6.07) is 2.06. The molecule has 20 heavy (non-hydrogen) atoms. The summed E-state index contributed by atoms with van der Waals surface area (Å²) in [6.07, 6.45) is -4.62. The number of nitrogen functional groups attached to an aromatic ring is 3. The van der Waals surface area contributed by atoms with E-state index >= 15 is 0 Å². The molecule has 0 atom stereocenters. The van der Waals surface area contributed by atoms with E-state index in [4.69, 9.17) is 17.2 Å². The zero-order valence-electron chi connectivity index (χ0n) is 9.72. The van der Waals surface area contributed by atoms with Gasteiger partial charge in [-0.15, -0.1) is 0 Å². The quantitative estimate of drug-likeness (QED) is 0.557. The molecule has 106 valence electrons. The highest BCUT2D eigenvalue weighted by atomic mass is 32.2. The van der Waals surface area contributed by atoms with Gasteiger partial charge in [-0.2, -0.15) is 13.2 Å². The van der Waals surface area contributed by atoms with Crippen molar-refractivity contribution < 1.29 is 13.2 Å². The number of nitrogens with two attached hydrogens (primary N) is 3. The van der Waals surface area contributed by atoms with Crippen molar-refractivity contribution in [3.8, 4) is 0 Å². The molecule has 0 radical (unpaired) electrons. The van der Waals surface area contributed by atoms with Gasteiger partial charge in [-0.1, -0.05) is 0 Å². The lowest BCUT2D eigenvalue weighted by Crippen LogP contribution is -2.11. The molecule has 0 aliphatic carbocycles. The fourth-order valence-corrected chi connectivity index (χ4v) is 2.04. The molecule has 0 aromatic carbocycles. The number of alkyl halides is 3. The van der Waals surface area contributed by atoms with E-state index in [-0.39, 0.29) is 21.8 Å². The minimum absolute atomic E-state index is 0.0603. The molecular formula is C9H8F3N7S. The maximum Gasteiger partial charge on any atom is 0.433 e. The molecule has 2 heterocycles. The van der Waals surface area contributed by atoms with Crippen molar-refractivity contribution in [1.82, 2.24) is 19.9 Å². The monoisotopic (exact) mass is 303 g/mol. The summed E-state index contributed by atoms with van der Waals surface area (Å²) in [7, 11) is 0. The van der Waals surface area contributed by atoms with Gasteiger partial charge in [0.15, 0.2) is 10.9 Å². The summed E-state index contributed by atoms with van der Waals surface area (Å²) in [5.41, 5.74) is 15.0. The van der Waals surface area contributed by atoms with Crippen molar-refractivity contribution in [1.29, 1.82) is 0 Å². The van der Waals surface area contributed by atoms with Gasteiger partial charge in [0.25, 0.3) is 0 Å². The number of hydrogen-bond donors (Lipinski definition) is 3. The van der Waals surface area contributed by atoms with Crippen LogP contribution in [0.1, 0.15) is 5.69 Å². The summed E-state index contributed by atoms with van der Waals surface area (Å²) < 4.78 is 37.8. The summed E-state index contributed by atoms with van der Waals surface area (Å²) in [6.45, 7) is 0. The molecule has 7 nitrogen and oxygen atoms in total. The van der Waals surface area contributed by atoms with Crippen LogP contribution in [-0.2, 0) is 6.18 Å². The van der Waals surface area contributed by atoms with Crippen molar-refractivity contribution in [2.75, 3.05) is 17.2 Å². The predicted molar refractivity (Wildman–Crippen MR) is 66.4 cm³/mol. The molecule has 0 bridgehead atoms. The SMILES string of the molecule is Nc1cc(N)nc(Sc2cc(C(F)(F)F)nc(N)n2)n1. The van der Waals surface area contributed by atoms with Crippen LogP contribution in [0.3, 0.4) is 0 Å². The molecule has 2 aromatic heterocycles. The lowest BCUT2D eigenvalue weighted by molar-refractivity contribution is -0.141. The van der Waals surface area contributed by atoms with Crippen LogP contribution in [-0.4, -0.2) is 19.9 Å². The van der Waals surface area contributed by atoms with E-state index in [0.29, 0.717) is 0 Å². The molecule has 0 saturated heterocycles. The van der Waals surface area contributed by atoms with E-state index in [1.54, 1.807) is 0 Å². The van der Waals surface area contributed by atoms with Crippen LogP contribution in [0, 0.1) is 0 Å². The Morgan fingerprint density at radius 3 is 2.05 bits per heavy atom. The summed E-state index contributed by atoms with van der Waals surface area (Å²) in [4.78, 5) is 14.4. The molecular weight excluding hydrogens is 295 g/mol. The van der Waals surface area contributed by atoms with Gasteiger partial charge in [0.2, 0.25) is 5.95 Å². The standard InChI is InChI=1S/C9H8F3N7S/c10-9(11,12)3-1-6(19-7(15)16-3)20-8-17-4(13)2-5(14)18-8/h1-2H,(H2,15,16,19)(H4,13,14,17,18). The number of aromatic nitrogens is 4. The van der Waals surface area contributed by atoms with Gasteiger partial charge in [-0.3, -0.25) is 0 Å². The van der Waals surface area contributed by atoms with Crippen LogP contribution in [0.4, 0.5) is 30.8 Å². The molecule has 2 rings (SSSR count). The van der Waals surface area contributed by atoms with Gasteiger partial charge >= 0.3 is 6.18 Å². The lowest BCUT2D eigenvalue weighted by Gasteiger charge is -2.08. The third-order valence-corrected chi connectivity index (χ3v) is 2.73. The Morgan fingerprint density at radius 1 is 0.900 bits per heavy atom. The molecule has 11 heteroatoms. The molecule has 0 amide bonds. The second-order valence-electron chi connectivity index (χ2n) is 3.55. The van der Waals surface area contributed by atoms with E-state index < -0.39 is 17.8 Å². The minimum Gasteiger partial charge on any atom is -0.383 e. The van der Waals surface area contributed by atoms with Gasteiger partial charge in [-0.05, 0) is 11.8 Å². The number of rotatable bonds is 2. The summed E-state index contributed by atoms with van der Waals surface area (Å²) in [5, 5.41) is 0.00329. The zero-order valence-corrected chi connectivity index (χ0v) is 10.5. The molecule has 0 unspecified atom stereocenters. The van der Waals surface area contributed by atoms with Crippen molar-refractivity contribution in [2.24, 2.45) is 0 Å². The maximum atomic E-state index is 12.6. The third-order valence-electron chi connectivity index (χ3n) is 1.95. The van der Waals surface area contributed by atoms with Crippen LogP contribution in [0.15, 0.2) is 22.3 Å².